The minimum Gasteiger partial charge on any atom is -0.316 e. The molecule has 0 spiro atoms. The van der Waals surface area contributed by atoms with Gasteiger partial charge in [0.05, 0.1) is 0 Å². The van der Waals surface area contributed by atoms with Gasteiger partial charge in [-0.3, -0.25) is 0 Å². The number of hydrogen-bond donors (Lipinski definition) is 2. The summed E-state index contributed by atoms with van der Waals surface area (Å²) < 4.78 is 0. The van der Waals surface area contributed by atoms with E-state index < -0.39 is 0 Å². The predicted molar refractivity (Wildman–Crippen MR) is 30.3 cm³/mol. The molecule has 7 heavy (non-hydrogen) atoms. The highest BCUT2D eigenvalue weighted by molar-refractivity contribution is 4.74. The van der Waals surface area contributed by atoms with Gasteiger partial charge in [-0.1, -0.05) is 0 Å². The normalized spacial score (nSPS) is 31.3. The molecule has 1 heterocycles. The Bertz CT molecular complexity index is 48.0. The fourth-order valence-corrected chi connectivity index (χ4v) is 0.901. The largest absolute Gasteiger partial charge is 0.316 e. The molecule has 0 bridgehead atoms. The van der Waals surface area contributed by atoms with Crippen molar-refractivity contribution in [3.8, 4) is 0 Å². The van der Waals surface area contributed by atoms with Crippen molar-refractivity contribution in [2.75, 3.05) is 20.1 Å². The highest BCUT2D eigenvalue weighted by Gasteiger charge is 2.09. The minimum absolute atomic E-state index is 0.736. The van der Waals surface area contributed by atoms with E-state index >= 15 is 0 Å². The van der Waals surface area contributed by atoms with Crippen molar-refractivity contribution in [3.05, 3.63) is 0 Å². The van der Waals surface area contributed by atoms with Gasteiger partial charge in [-0.2, -0.15) is 0 Å². The zero-order valence-corrected chi connectivity index (χ0v) is 4.70. The first-order valence-electron chi connectivity index (χ1n) is 2.81. The van der Waals surface area contributed by atoms with Gasteiger partial charge in [0.1, 0.15) is 0 Å². The van der Waals surface area contributed by atoms with Crippen LogP contribution in [0, 0.1) is 0 Å². The Balaban J connectivity index is 2.14. The molecule has 0 amide bonds. The molecule has 1 unspecified atom stereocenters. The average Bonchev–Trinajstić information content (AvgIpc) is 2.14. The van der Waals surface area contributed by atoms with Crippen LogP contribution in [-0.4, -0.2) is 26.2 Å². The van der Waals surface area contributed by atoms with E-state index in [0.717, 1.165) is 12.6 Å². The maximum Gasteiger partial charge on any atom is 0.0201 e. The van der Waals surface area contributed by atoms with Crippen LogP contribution in [0.5, 0.6) is 0 Å². The predicted octanol–water partition coefficient (Wildman–Crippen LogP) is -0.432. The van der Waals surface area contributed by atoms with Gasteiger partial charge < -0.3 is 10.6 Å². The molecule has 1 fully saturated rings. The average molecular weight is 100 g/mol. The van der Waals surface area contributed by atoms with Crippen molar-refractivity contribution in [1.82, 2.24) is 10.6 Å². The van der Waals surface area contributed by atoms with E-state index in [-0.39, 0.29) is 0 Å². The van der Waals surface area contributed by atoms with Crippen LogP contribution in [0.3, 0.4) is 0 Å². The Morgan fingerprint density at radius 1 is 1.71 bits per heavy atom. The lowest BCUT2D eigenvalue weighted by molar-refractivity contribution is 0.611. The molecule has 42 valence electrons. The molecule has 2 N–H and O–H groups in total. The summed E-state index contributed by atoms with van der Waals surface area (Å²) in [4.78, 5) is 0. The Morgan fingerprint density at radius 3 is 2.86 bits per heavy atom. The molecule has 0 aromatic heterocycles. The molecule has 0 saturated carbocycles. The van der Waals surface area contributed by atoms with Crippen molar-refractivity contribution < 1.29 is 0 Å². The van der Waals surface area contributed by atoms with Gasteiger partial charge in [-0.25, -0.2) is 0 Å². The van der Waals surface area contributed by atoms with E-state index in [1.807, 2.05) is 7.05 Å². The fourth-order valence-electron chi connectivity index (χ4n) is 0.901. The van der Waals surface area contributed by atoms with Crippen LogP contribution in [0.4, 0.5) is 0 Å². The summed E-state index contributed by atoms with van der Waals surface area (Å²) in [6.07, 6.45) is 1.29. The molecule has 0 aromatic carbocycles. The number of nitrogens with one attached hydrogen (secondary N) is 2. The molecule has 0 radical (unpaired) electrons. The van der Waals surface area contributed by atoms with E-state index in [1.54, 1.807) is 0 Å². The number of likely N-dealkylation sites (N-methyl/N-ethyl adjacent to an activating group) is 1. The first-order chi connectivity index (χ1) is 3.43. The highest BCUT2D eigenvalue weighted by Crippen LogP contribution is 1.93. The van der Waals surface area contributed by atoms with Crippen LogP contribution < -0.4 is 10.6 Å². The van der Waals surface area contributed by atoms with Gasteiger partial charge in [0.15, 0.2) is 0 Å². The lowest BCUT2D eigenvalue weighted by Gasteiger charge is -2.02. The van der Waals surface area contributed by atoms with Crippen LogP contribution in [0.2, 0.25) is 0 Å². The first-order valence-corrected chi connectivity index (χ1v) is 2.81. The van der Waals surface area contributed by atoms with Crippen molar-refractivity contribution in [2.45, 2.75) is 12.5 Å². The maximum absolute atomic E-state index is 3.26. The van der Waals surface area contributed by atoms with Crippen molar-refractivity contribution in [1.29, 1.82) is 0 Å². The molecule has 1 aliphatic heterocycles. The lowest BCUT2D eigenvalue weighted by Crippen LogP contribution is -2.26. The monoisotopic (exact) mass is 100 g/mol. The van der Waals surface area contributed by atoms with Crippen LogP contribution in [0.1, 0.15) is 6.42 Å². The SMILES string of the molecule is CNC1CCNC1. The highest BCUT2D eigenvalue weighted by atomic mass is 15.0. The summed E-state index contributed by atoms with van der Waals surface area (Å²) in [5, 5.41) is 6.46. The molecule has 2 heteroatoms. The van der Waals surface area contributed by atoms with Gasteiger partial charge >= 0.3 is 0 Å². The second-order valence-electron chi connectivity index (χ2n) is 1.98. The van der Waals surface area contributed by atoms with Crippen LogP contribution in [-0.2, 0) is 0 Å². The van der Waals surface area contributed by atoms with E-state index in [0.29, 0.717) is 0 Å². The molecule has 1 aliphatic rings. The van der Waals surface area contributed by atoms with E-state index in [1.165, 1.54) is 13.0 Å². The molecule has 1 rings (SSSR count). The van der Waals surface area contributed by atoms with E-state index in [4.69, 9.17) is 0 Å². The summed E-state index contributed by atoms with van der Waals surface area (Å²) in [6, 6.07) is 0.736. The van der Waals surface area contributed by atoms with Crippen LogP contribution in [0.25, 0.3) is 0 Å². The Kier molecular flexibility index (Phi) is 1.65. The second kappa shape index (κ2) is 2.28. The van der Waals surface area contributed by atoms with Gasteiger partial charge in [-0.15, -0.1) is 0 Å². The summed E-state index contributed by atoms with van der Waals surface area (Å²) in [5.74, 6) is 0. The molecule has 1 saturated heterocycles. The van der Waals surface area contributed by atoms with Crippen LogP contribution in [0.15, 0.2) is 0 Å². The molecule has 1 atom stereocenters. The van der Waals surface area contributed by atoms with Gasteiger partial charge in [-0.05, 0) is 20.0 Å². The zero-order valence-electron chi connectivity index (χ0n) is 4.70. The number of hydrogen-bond acceptors (Lipinski definition) is 2. The smallest absolute Gasteiger partial charge is 0.0201 e. The third-order valence-electron chi connectivity index (χ3n) is 1.47. The van der Waals surface area contributed by atoms with E-state index in [9.17, 15) is 0 Å². The summed E-state index contributed by atoms with van der Waals surface area (Å²) in [6.45, 7) is 2.34. The topological polar surface area (TPSA) is 24.1 Å². The molecular weight excluding hydrogens is 88.1 g/mol. The quantitative estimate of drug-likeness (QED) is 0.467. The van der Waals surface area contributed by atoms with E-state index in [2.05, 4.69) is 10.6 Å². The standard InChI is InChI=1S/C5H12N2/c1-6-5-2-3-7-4-5/h5-7H,2-4H2,1H3. The Hall–Kier alpha value is -0.0800. The summed E-state index contributed by atoms with van der Waals surface area (Å²) in [5.41, 5.74) is 0. The summed E-state index contributed by atoms with van der Waals surface area (Å²) in [7, 11) is 2.01. The van der Waals surface area contributed by atoms with Gasteiger partial charge in [0.25, 0.3) is 0 Å². The fraction of sp³-hybridized carbons (Fsp3) is 1.00. The third kappa shape index (κ3) is 1.14. The van der Waals surface area contributed by atoms with Crippen LogP contribution >= 0.6 is 0 Å². The van der Waals surface area contributed by atoms with Crippen molar-refractivity contribution >= 4 is 0 Å². The second-order valence-corrected chi connectivity index (χ2v) is 1.98. The third-order valence-corrected chi connectivity index (χ3v) is 1.47. The Morgan fingerprint density at radius 2 is 2.57 bits per heavy atom. The lowest BCUT2D eigenvalue weighted by atomic mass is 10.3. The maximum atomic E-state index is 3.26. The molecule has 0 aliphatic carbocycles. The minimum atomic E-state index is 0.736. The Labute approximate surface area is 44.3 Å². The molecule has 2 nitrogen and oxygen atoms in total. The van der Waals surface area contributed by atoms with Crippen molar-refractivity contribution in [2.24, 2.45) is 0 Å². The number of rotatable bonds is 1. The molecular formula is C5H12N2. The van der Waals surface area contributed by atoms with Gasteiger partial charge in [0.2, 0.25) is 0 Å². The summed E-state index contributed by atoms with van der Waals surface area (Å²) >= 11 is 0. The van der Waals surface area contributed by atoms with Gasteiger partial charge in [0, 0.05) is 12.6 Å². The first kappa shape index (κ1) is 5.06. The van der Waals surface area contributed by atoms with Crippen molar-refractivity contribution in [3.63, 3.8) is 0 Å². The zero-order chi connectivity index (χ0) is 5.11. The molecule has 0 aromatic rings.